The van der Waals surface area contributed by atoms with Gasteiger partial charge in [-0.2, -0.15) is 0 Å². The molecule has 0 spiro atoms. The minimum atomic E-state index is -0.712. The second-order valence-electron chi connectivity index (χ2n) is 7.98. The molecule has 0 saturated carbocycles. The largest absolute Gasteiger partial charge is 0.483 e. The SMILES string of the molecule is COC1=N[C@@](CCc2ccccc2)(COCc2ccccc2)C(OC)=N[C@@H]1C(C)C. The summed E-state index contributed by atoms with van der Waals surface area (Å²) in [6.07, 6.45) is 1.56. The molecule has 0 saturated heterocycles. The first kappa shape index (κ1) is 22.0. The highest BCUT2D eigenvalue weighted by atomic mass is 16.5. The van der Waals surface area contributed by atoms with Gasteiger partial charge in [-0.05, 0) is 29.9 Å². The Bertz CT molecular complexity index is 849. The molecule has 2 atom stereocenters. The fourth-order valence-corrected chi connectivity index (χ4v) is 3.71. The molecule has 5 heteroatoms. The topological polar surface area (TPSA) is 52.4 Å². The van der Waals surface area contributed by atoms with Gasteiger partial charge in [0, 0.05) is 0 Å². The third-order valence-electron chi connectivity index (χ3n) is 5.39. The Hall–Kier alpha value is -2.66. The van der Waals surface area contributed by atoms with Crippen LogP contribution in [0.1, 0.15) is 31.4 Å². The lowest BCUT2D eigenvalue weighted by Crippen LogP contribution is -2.49. The van der Waals surface area contributed by atoms with Crippen LogP contribution in [0, 0.1) is 5.92 Å². The Labute approximate surface area is 179 Å². The summed E-state index contributed by atoms with van der Waals surface area (Å²) in [7, 11) is 3.33. The van der Waals surface area contributed by atoms with Gasteiger partial charge < -0.3 is 14.2 Å². The monoisotopic (exact) mass is 408 g/mol. The van der Waals surface area contributed by atoms with Crippen LogP contribution in [0.4, 0.5) is 0 Å². The van der Waals surface area contributed by atoms with Crippen molar-refractivity contribution in [3.05, 3.63) is 71.8 Å². The number of methoxy groups -OCH3 is 2. The highest BCUT2D eigenvalue weighted by Gasteiger charge is 2.43. The van der Waals surface area contributed by atoms with Gasteiger partial charge in [0.1, 0.15) is 6.04 Å². The summed E-state index contributed by atoms with van der Waals surface area (Å²) >= 11 is 0. The molecule has 160 valence electrons. The van der Waals surface area contributed by atoms with Crippen LogP contribution in [-0.4, -0.2) is 44.2 Å². The highest BCUT2D eigenvalue weighted by Crippen LogP contribution is 2.30. The molecule has 0 bridgehead atoms. The molecule has 2 aromatic rings. The summed E-state index contributed by atoms with van der Waals surface area (Å²) in [6, 6.07) is 20.4. The summed E-state index contributed by atoms with van der Waals surface area (Å²) in [5.41, 5.74) is 1.66. The van der Waals surface area contributed by atoms with Crippen LogP contribution >= 0.6 is 0 Å². The van der Waals surface area contributed by atoms with E-state index in [-0.39, 0.29) is 12.0 Å². The maximum Gasteiger partial charge on any atom is 0.215 e. The number of nitrogens with zero attached hydrogens (tertiary/aromatic N) is 2. The number of aryl methyl sites for hydroxylation is 1. The van der Waals surface area contributed by atoms with Crippen LogP contribution in [0.5, 0.6) is 0 Å². The molecule has 30 heavy (non-hydrogen) atoms. The average Bonchev–Trinajstić information content (AvgIpc) is 2.78. The summed E-state index contributed by atoms with van der Waals surface area (Å²) < 4.78 is 17.6. The zero-order valence-electron chi connectivity index (χ0n) is 18.4. The number of hydrogen-bond donors (Lipinski definition) is 0. The molecule has 3 rings (SSSR count). The molecule has 0 aliphatic carbocycles. The van der Waals surface area contributed by atoms with Crippen LogP contribution in [0.15, 0.2) is 70.6 Å². The number of aliphatic imine (C=N–C) groups is 2. The number of ether oxygens (including phenoxy) is 3. The number of benzene rings is 2. The first-order chi connectivity index (χ1) is 14.6. The van der Waals surface area contributed by atoms with Crippen molar-refractivity contribution in [2.75, 3.05) is 20.8 Å². The highest BCUT2D eigenvalue weighted by molar-refractivity contribution is 5.97. The summed E-state index contributed by atoms with van der Waals surface area (Å²) in [5, 5.41) is 0. The second kappa shape index (κ2) is 10.4. The first-order valence-corrected chi connectivity index (χ1v) is 10.5. The van der Waals surface area contributed by atoms with E-state index in [0.717, 1.165) is 18.4 Å². The van der Waals surface area contributed by atoms with E-state index >= 15 is 0 Å². The molecule has 1 heterocycles. The van der Waals surface area contributed by atoms with E-state index < -0.39 is 5.54 Å². The van der Waals surface area contributed by atoms with Crippen molar-refractivity contribution >= 4 is 11.8 Å². The van der Waals surface area contributed by atoms with Crippen molar-refractivity contribution < 1.29 is 14.2 Å². The van der Waals surface area contributed by atoms with Crippen molar-refractivity contribution in [2.45, 2.75) is 44.9 Å². The molecular weight excluding hydrogens is 376 g/mol. The van der Waals surface area contributed by atoms with E-state index in [1.807, 2.05) is 24.3 Å². The van der Waals surface area contributed by atoms with E-state index in [1.165, 1.54) is 5.56 Å². The van der Waals surface area contributed by atoms with E-state index in [0.29, 0.717) is 25.0 Å². The normalized spacial score (nSPS) is 21.2. The van der Waals surface area contributed by atoms with Gasteiger partial charge in [-0.1, -0.05) is 74.5 Å². The Morgan fingerprint density at radius 2 is 1.53 bits per heavy atom. The van der Waals surface area contributed by atoms with Crippen LogP contribution in [0.3, 0.4) is 0 Å². The van der Waals surface area contributed by atoms with Gasteiger partial charge in [-0.25, -0.2) is 9.98 Å². The van der Waals surface area contributed by atoms with Gasteiger partial charge in [-0.15, -0.1) is 0 Å². The van der Waals surface area contributed by atoms with Gasteiger partial charge in [0.15, 0.2) is 5.54 Å². The minimum absolute atomic E-state index is 0.149. The van der Waals surface area contributed by atoms with Gasteiger partial charge in [-0.3, -0.25) is 0 Å². The number of hydrogen-bond acceptors (Lipinski definition) is 5. The van der Waals surface area contributed by atoms with Gasteiger partial charge in [0.05, 0.1) is 27.4 Å². The number of rotatable bonds is 8. The Morgan fingerprint density at radius 3 is 2.10 bits per heavy atom. The molecule has 2 aromatic carbocycles. The fraction of sp³-hybridized carbons (Fsp3) is 0.440. The lowest BCUT2D eigenvalue weighted by molar-refractivity contribution is 0.0820. The van der Waals surface area contributed by atoms with E-state index in [4.69, 9.17) is 24.2 Å². The van der Waals surface area contributed by atoms with E-state index in [2.05, 4.69) is 50.2 Å². The van der Waals surface area contributed by atoms with Crippen LogP contribution < -0.4 is 0 Å². The lowest BCUT2D eigenvalue weighted by atomic mass is 9.89. The zero-order valence-corrected chi connectivity index (χ0v) is 18.4. The van der Waals surface area contributed by atoms with E-state index in [1.54, 1.807) is 14.2 Å². The third kappa shape index (κ3) is 5.28. The molecule has 0 amide bonds. The van der Waals surface area contributed by atoms with Gasteiger partial charge in [0.2, 0.25) is 11.8 Å². The summed E-state index contributed by atoms with van der Waals surface area (Å²) in [4.78, 5) is 9.95. The Balaban J connectivity index is 1.86. The molecule has 1 aliphatic heterocycles. The van der Waals surface area contributed by atoms with Crippen LogP contribution in [-0.2, 0) is 27.2 Å². The minimum Gasteiger partial charge on any atom is -0.483 e. The average molecular weight is 409 g/mol. The van der Waals surface area contributed by atoms with Gasteiger partial charge >= 0.3 is 0 Å². The molecule has 1 aliphatic rings. The maximum atomic E-state index is 6.15. The first-order valence-electron chi connectivity index (χ1n) is 10.5. The molecule has 0 unspecified atom stereocenters. The smallest absolute Gasteiger partial charge is 0.215 e. The maximum absolute atomic E-state index is 6.15. The quantitative estimate of drug-likeness (QED) is 0.636. The molecule has 5 nitrogen and oxygen atoms in total. The Morgan fingerprint density at radius 1 is 0.900 bits per heavy atom. The van der Waals surface area contributed by atoms with Crippen LogP contribution in [0.25, 0.3) is 0 Å². The van der Waals surface area contributed by atoms with Crippen LogP contribution in [0.2, 0.25) is 0 Å². The molecule has 0 N–H and O–H groups in total. The standard InChI is InChI=1S/C25H32N2O3/c1-19(2)22-23(28-3)27-25(24(26-22)29-4,16-15-20-11-7-5-8-12-20)18-30-17-21-13-9-6-10-14-21/h5-14,19,22H,15-18H2,1-4H3/t22-,25+/m1/s1. The Kier molecular flexibility index (Phi) is 7.63. The fourth-order valence-electron chi connectivity index (χ4n) is 3.71. The van der Waals surface area contributed by atoms with Crippen molar-refractivity contribution in [1.82, 2.24) is 0 Å². The molecule has 0 fully saturated rings. The molecule has 0 radical (unpaired) electrons. The summed E-state index contributed by atoms with van der Waals surface area (Å²) in [5.74, 6) is 1.51. The van der Waals surface area contributed by atoms with Crippen molar-refractivity contribution in [3.63, 3.8) is 0 Å². The van der Waals surface area contributed by atoms with E-state index in [9.17, 15) is 0 Å². The van der Waals surface area contributed by atoms with Gasteiger partial charge in [0.25, 0.3) is 0 Å². The zero-order chi connectivity index (χ0) is 21.4. The van der Waals surface area contributed by atoms with Crippen molar-refractivity contribution in [1.29, 1.82) is 0 Å². The van der Waals surface area contributed by atoms with Crippen molar-refractivity contribution in [2.24, 2.45) is 15.9 Å². The second-order valence-corrected chi connectivity index (χ2v) is 7.98. The third-order valence-corrected chi connectivity index (χ3v) is 5.39. The van der Waals surface area contributed by atoms with Crippen molar-refractivity contribution in [3.8, 4) is 0 Å². The lowest BCUT2D eigenvalue weighted by Gasteiger charge is -2.36. The predicted molar refractivity (Wildman–Crippen MR) is 121 cm³/mol. The summed E-state index contributed by atoms with van der Waals surface area (Å²) in [6.45, 7) is 5.10. The molecular formula is C25H32N2O3. The molecule has 0 aromatic heterocycles. The predicted octanol–water partition coefficient (Wildman–Crippen LogP) is 4.70.